The molecule has 1 atom stereocenters. The van der Waals surface area contributed by atoms with E-state index >= 15 is 0 Å². The van der Waals surface area contributed by atoms with E-state index in [-0.39, 0.29) is 0 Å². The quantitative estimate of drug-likeness (QED) is 0.526. The fourth-order valence-electron chi connectivity index (χ4n) is 0.665. The summed E-state index contributed by atoms with van der Waals surface area (Å²) >= 11 is 5.21. The van der Waals surface area contributed by atoms with Crippen molar-refractivity contribution in [2.45, 2.75) is 0 Å². The lowest BCUT2D eigenvalue weighted by atomic mass is 10.2. The molecule has 0 N–H and O–H groups in total. The molecule has 2 nitrogen and oxygen atoms in total. The van der Waals surface area contributed by atoms with Crippen molar-refractivity contribution < 1.29 is 9.32 Å². The van der Waals surface area contributed by atoms with E-state index < -0.39 is 5.24 Å². The number of carbonyl (C=O) groups is 1. The summed E-state index contributed by atoms with van der Waals surface area (Å²) in [4.78, 5) is 10.6. The minimum Gasteiger partial charge on any atom is -0.480 e. The standard InChI is InChI=1S/C7H6ClO2P/c8-7(9)5-1-3-6(10-11)4-2-5/h1-4H,11H2. The van der Waals surface area contributed by atoms with Crippen LogP contribution >= 0.6 is 21.1 Å². The predicted octanol–water partition coefficient (Wildman–Crippen LogP) is 2.23. The lowest BCUT2D eigenvalue weighted by Gasteiger charge is -1.97. The molecule has 0 aliphatic rings. The first kappa shape index (κ1) is 8.51. The number of halogens is 1. The van der Waals surface area contributed by atoms with Gasteiger partial charge in [-0.1, -0.05) is 0 Å². The third-order valence-corrected chi connectivity index (χ3v) is 1.71. The summed E-state index contributed by atoms with van der Waals surface area (Å²) < 4.78 is 4.81. The molecule has 0 heterocycles. The molecule has 58 valence electrons. The van der Waals surface area contributed by atoms with Crippen molar-refractivity contribution in [1.82, 2.24) is 0 Å². The zero-order valence-corrected chi connectivity index (χ0v) is 7.49. The summed E-state index contributed by atoms with van der Waals surface area (Å²) in [6.45, 7) is 0. The van der Waals surface area contributed by atoms with Gasteiger partial charge in [0.25, 0.3) is 5.24 Å². The Morgan fingerprint density at radius 1 is 1.36 bits per heavy atom. The molecule has 11 heavy (non-hydrogen) atoms. The summed E-state index contributed by atoms with van der Waals surface area (Å²) in [6, 6.07) is 6.55. The number of rotatable bonds is 2. The zero-order chi connectivity index (χ0) is 8.27. The van der Waals surface area contributed by atoms with Gasteiger partial charge in [-0.15, -0.1) is 0 Å². The number of hydrogen-bond donors (Lipinski definition) is 0. The van der Waals surface area contributed by atoms with Crippen LogP contribution in [-0.2, 0) is 0 Å². The molecule has 0 spiro atoms. The van der Waals surface area contributed by atoms with Crippen LogP contribution in [0.2, 0.25) is 0 Å². The smallest absolute Gasteiger partial charge is 0.252 e. The third-order valence-electron chi connectivity index (χ3n) is 1.22. The Hall–Kier alpha value is -0.590. The maximum Gasteiger partial charge on any atom is 0.252 e. The van der Waals surface area contributed by atoms with Crippen LogP contribution in [-0.4, -0.2) is 5.24 Å². The SMILES string of the molecule is O=C(Cl)c1ccc(OP)cc1. The zero-order valence-electron chi connectivity index (χ0n) is 5.58. The van der Waals surface area contributed by atoms with Crippen LogP contribution in [0.4, 0.5) is 0 Å². The molecule has 0 saturated heterocycles. The molecule has 1 aromatic rings. The Kier molecular flexibility index (Phi) is 2.86. The lowest BCUT2D eigenvalue weighted by Crippen LogP contribution is -1.86. The highest BCUT2D eigenvalue weighted by atomic mass is 35.5. The molecule has 0 amide bonds. The Morgan fingerprint density at radius 3 is 2.27 bits per heavy atom. The first-order chi connectivity index (χ1) is 5.24. The fourth-order valence-corrected chi connectivity index (χ4v) is 0.948. The van der Waals surface area contributed by atoms with Crippen LogP contribution in [0.15, 0.2) is 24.3 Å². The Labute approximate surface area is 71.8 Å². The first-order valence-electron chi connectivity index (χ1n) is 2.90. The monoisotopic (exact) mass is 188 g/mol. The van der Waals surface area contributed by atoms with Crippen LogP contribution in [0.1, 0.15) is 10.4 Å². The molecule has 0 fully saturated rings. The number of carbonyl (C=O) groups excluding carboxylic acids is 1. The summed E-state index contributed by atoms with van der Waals surface area (Å²) in [5.74, 6) is 0.677. The minimum absolute atomic E-state index is 0.458. The van der Waals surface area contributed by atoms with Crippen molar-refractivity contribution in [2.24, 2.45) is 0 Å². The van der Waals surface area contributed by atoms with Gasteiger partial charge >= 0.3 is 0 Å². The second kappa shape index (κ2) is 3.70. The Morgan fingerprint density at radius 2 is 1.91 bits per heavy atom. The van der Waals surface area contributed by atoms with E-state index in [2.05, 4.69) is 9.47 Å². The molecular formula is C7H6ClO2P. The second-order valence-corrected chi connectivity index (χ2v) is 2.49. The van der Waals surface area contributed by atoms with Crippen LogP contribution in [0, 0.1) is 0 Å². The van der Waals surface area contributed by atoms with E-state index in [1.807, 2.05) is 0 Å². The Bertz CT molecular complexity index is 258. The van der Waals surface area contributed by atoms with E-state index in [0.717, 1.165) is 0 Å². The maximum atomic E-state index is 10.6. The summed E-state index contributed by atoms with van der Waals surface area (Å²) in [7, 11) is 2.12. The van der Waals surface area contributed by atoms with Gasteiger partial charge in [-0.2, -0.15) is 0 Å². The Balaban J connectivity index is 2.91. The molecule has 0 aliphatic carbocycles. The van der Waals surface area contributed by atoms with E-state index in [1.54, 1.807) is 24.3 Å². The largest absolute Gasteiger partial charge is 0.480 e. The van der Waals surface area contributed by atoms with E-state index in [1.165, 1.54) is 0 Å². The molecule has 4 heteroatoms. The minimum atomic E-state index is -0.458. The van der Waals surface area contributed by atoms with Crippen molar-refractivity contribution in [3.63, 3.8) is 0 Å². The van der Waals surface area contributed by atoms with Crippen molar-refractivity contribution in [2.75, 3.05) is 0 Å². The summed E-state index contributed by atoms with van der Waals surface area (Å²) in [5.41, 5.74) is 0.470. The predicted molar refractivity (Wildman–Crippen MR) is 47.0 cm³/mol. The van der Waals surface area contributed by atoms with Gasteiger partial charge in [-0.3, -0.25) is 4.79 Å². The van der Waals surface area contributed by atoms with Gasteiger partial charge in [0.2, 0.25) is 0 Å². The van der Waals surface area contributed by atoms with Gasteiger partial charge in [0.15, 0.2) is 0 Å². The van der Waals surface area contributed by atoms with Gasteiger partial charge in [0, 0.05) is 5.56 Å². The topological polar surface area (TPSA) is 26.3 Å². The molecule has 0 aliphatic heterocycles. The van der Waals surface area contributed by atoms with Gasteiger partial charge in [-0.25, -0.2) is 0 Å². The molecule has 0 radical (unpaired) electrons. The lowest BCUT2D eigenvalue weighted by molar-refractivity contribution is 0.108. The average molecular weight is 189 g/mol. The van der Waals surface area contributed by atoms with Crippen molar-refractivity contribution in [1.29, 1.82) is 0 Å². The second-order valence-electron chi connectivity index (χ2n) is 1.92. The fraction of sp³-hybridized carbons (Fsp3) is 0. The van der Waals surface area contributed by atoms with Crippen LogP contribution < -0.4 is 4.52 Å². The summed E-state index contributed by atoms with van der Waals surface area (Å²) in [6.07, 6.45) is 0. The molecule has 1 unspecified atom stereocenters. The molecule has 1 aromatic carbocycles. The highest BCUT2D eigenvalue weighted by Gasteiger charge is 1.99. The molecule has 0 aromatic heterocycles. The van der Waals surface area contributed by atoms with Gasteiger partial charge < -0.3 is 4.52 Å². The van der Waals surface area contributed by atoms with E-state index in [9.17, 15) is 4.79 Å². The van der Waals surface area contributed by atoms with Crippen LogP contribution in [0.3, 0.4) is 0 Å². The normalized spacial score (nSPS) is 9.27. The number of benzene rings is 1. The van der Waals surface area contributed by atoms with Crippen molar-refractivity contribution in [3.05, 3.63) is 29.8 Å². The third kappa shape index (κ3) is 2.18. The van der Waals surface area contributed by atoms with Gasteiger partial charge in [-0.05, 0) is 35.9 Å². The van der Waals surface area contributed by atoms with Crippen LogP contribution in [0.5, 0.6) is 5.75 Å². The maximum absolute atomic E-state index is 10.6. The summed E-state index contributed by atoms with van der Waals surface area (Å²) in [5, 5.41) is -0.458. The van der Waals surface area contributed by atoms with Crippen molar-refractivity contribution in [3.8, 4) is 5.75 Å². The number of hydrogen-bond acceptors (Lipinski definition) is 2. The highest BCUT2D eigenvalue weighted by molar-refractivity contribution is 7.10. The first-order valence-corrected chi connectivity index (χ1v) is 3.75. The molecule has 0 saturated carbocycles. The molecular weight excluding hydrogens is 183 g/mol. The van der Waals surface area contributed by atoms with E-state index in [4.69, 9.17) is 16.1 Å². The molecule has 0 bridgehead atoms. The highest BCUT2D eigenvalue weighted by Crippen LogP contribution is 2.14. The van der Waals surface area contributed by atoms with Crippen molar-refractivity contribution >= 4 is 26.3 Å². The van der Waals surface area contributed by atoms with Gasteiger partial charge in [0.1, 0.15) is 5.75 Å². The van der Waals surface area contributed by atoms with Crippen LogP contribution in [0.25, 0.3) is 0 Å². The van der Waals surface area contributed by atoms with E-state index in [0.29, 0.717) is 11.3 Å². The molecule has 1 rings (SSSR count). The average Bonchev–Trinajstić information content (AvgIpc) is 2.05. The van der Waals surface area contributed by atoms with Gasteiger partial charge in [0.05, 0.1) is 9.47 Å².